The van der Waals surface area contributed by atoms with Gasteiger partial charge in [-0.1, -0.05) is 6.08 Å². The zero-order chi connectivity index (χ0) is 8.16. The summed E-state index contributed by atoms with van der Waals surface area (Å²) in [5.74, 6) is 0. The normalized spacial score (nSPS) is 31.3. The third-order valence-electron chi connectivity index (χ3n) is 2.09. The number of ether oxygens (including phenoxy) is 1. The molecule has 1 aliphatic rings. The third kappa shape index (κ3) is 1.90. The van der Waals surface area contributed by atoms with Crippen LogP contribution in [0.2, 0.25) is 0 Å². The second-order valence-electron chi connectivity index (χ2n) is 2.98. The Morgan fingerprint density at radius 1 is 1.55 bits per heavy atom. The van der Waals surface area contributed by atoms with Gasteiger partial charge in [0.25, 0.3) is 0 Å². The molecule has 1 aliphatic heterocycles. The maximum absolute atomic E-state index is 10.7. The van der Waals surface area contributed by atoms with Crippen molar-refractivity contribution in [1.29, 1.82) is 0 Å². The molecule has 62 valence electrons. The monoisotopic (exact) mass is 154 g/mol. The van der Waals surface area contributed by atoms with E-state index in [1.54, 1.807) is 6.08 Å². The van der Waals surface area contributed by atoms with Crippen molar-refractivity contribution >= 4 is 6.29 Å². The van der Waals surface area contributed by atoms with Crippen LogP contribution in [0.3, 0.4) is 0 Å². The number of carbonyl (C=O) groups is 1. The minimum atomic E-state index is -0.528. The van der Waals surface area contributed by atoms with Crippen LogP contribution in [0.25, 0.3) is 0 Å². The molecule has 1 rings (SSSR count). The molecule has 0 aromatic carbocycles. The van der Waals surface area contributed by atoms with E-state index in [1.807, 2.05) is 0 Å². The minimum absolute atomic E-state index is 0.528. The van der Waals surface area contributed by atoms with E-state index in [1.165, 1.54) is 0 Å². The van der Waals surface area contributed by atoms with Gasteiger partial charge in [-0.15, -0.1) is 6.58 Å². The second kappa shape index (κ2) is 3.67. The number of rotatable bonds is 3. The Balaban J connectivity index is 2.56. The van der Waals surface area contributed by atoms with Gasteiger partial charge in [0, 0.05) is 13.0 Å². The molecule has 0 aromatic rings. The summed E-state index contributed by atoms with van der Waals surface area (Å²) in [6, 6.07) is 0. The van der Waals surface area contributed by atoms with Crippen molar-refractivity contribution in [3.8, 4) is 0 Å². The quantitative estimate of drug-likeness (QED) is 0.457. The Morgan fingerprint density at radius 2 is 2.36 bits per heavy atom. The van der Waals surface area contributed by atoms with E-state index in [9.17, 15) is 4.79 Å². The minimum Gasteiger partial charge on any atom is -0.367 e. The topological polar surface area (TPSA) is 26.3 Å². The first-order chi connectivity index (χ1) is 5.33. The maximum atomic E-state index is 10.7. The molecule has 0 aromatic heterocycles. The highest BCUT2D eigenvalue weighted by Gasteiger charge is 2.31. The van der Waals surface area contributed by atoms with E-state index in [2.05, 4.69) is 6.58 Å². The summed E-state index contributed by atoms with van der Waals surface area (Å²) in [5.41, 5.74) is -0.528. The van der Waals surface area contributed by atoms with Crippen LogP contribution >= 0.6 is 0 Å². The molecule has 0 saturated carbocycles. The second-order valence-corrected chi connectivity index (χ2v) is 2.98. The predicted octanol–water partition coefficient (Wildman–Crippen LogP) is 1.70. The molecule has 0 N–H and O–H groups in total. The van der Waals surface area contributed by atoms with Crippen LogP contribution in [0.1, 0.15) is 25.7 Å². The van der Waals surface area contributed by atoms with Crippen LogP contribution in [0, 0.1) is 0 Å². The van der Waals surface area contributed by atoms with Gasteiger partial charge in [0.05, 0.1) is 0 Å². The van der Waals surface area contributed by atoms with Crippen LogP contribution in [0.5, 0.6) is 0 Å². The number of aldehydes is 1. The molecule has 1 heterocycles. The molecule has 0 radical (unpaired) electrons. The molecule has 2 nitrogen and oxygen atoms in total. The lowest BCUT2D eigenvalue weighted by atomic mass is 9.92. The Morgan fingerprint density at radius 3 is 2.82 bits per heavy atom. The Hall–Kier alpha value is -0.630. The van der Waals surface area contributed by atoms with Crippen LogP contribution in [0.4, 0.5) is 0 Å². The average molecular weight is 154 g/mol. The molecule has 2 heteroatoms. The largest absolute Gasteiger partial charge is 0.367 e. The Kier molecular flexibility index (Phi) is 2.83. The van der Waals surface area contributed by atoms with Gasteiger partial charge in [-0.2, -0.15) is 0 Å². The molecule has 0 bridgehead atoms. The lowest BCUT2D eigenvalue weighted by Gasteiger charge is -2.31. The van der Waals surface area contributed by atoms with Gasteiger partial charge >= 0.3 is 0 Å². The molecular formula is C9H14O2. The first-order valence-corrected chi connectivity index (χ1v) is 4.04. The number of hydrogen-bond acceptors (Lipinski definition) is 2. The molecular weight excluding hydrogens is 140 g/mol. The van der Waals surface area contributed by atoms with E-state index in [0.717, 1.165) is 25.5 Å². The summed E-state index contributed by atoms with van der Waals surface area (Å²) in [4.78, 5) is 10.7. The molecule has 1 fully saturated rings. The van der Waals surface area contributed by atoms with Gasteiger partial charge in [-0.05, 0) is 19.3 Å². The molecule has 0 spiro atoms. The van der Waals surface area contributed by atoms with Gasteiger partial charge < -0.3 is 9.53 Å². The van der Waals surface area contributed by atoms with Crippen LogP contribution < -0.4 is 0 Å². The van der Waals surface area contributed by atoms with Crippen molar-refractivity contribution in [1.82, 2.24) is 0 Å². The van der Waals surface area contributed by atoms with E-state index >= 15 is 0 Å². The first-order valence-electron chi connectivity index (χ1n) is 4.04. The third-order valence-corrected chi connectivity index (χ3v) is 2.09. The van der Waals surface area contributed by atoms with Crippen LogP contribution in [0.15, 0.2) is 12.7 Å². The Bertz CT molecular complexity index is 146. The summed E-state index contributed by atoms with van der Waals surface area (Å²) in [5, 5.41) is 0. The summed E-state index contributed by atoms with van der Waals surface area (Å²) in [7, 11) is 0. The van der Waals surface area contributed by atoms with Crippen molar-refractivity contribution in [3.63, 3.8) is 0 Å². The molecule has 11 heavy (non-hydrogen) atoms. The highest BCUT2D eigenvalue weighted by Crippen LogP contribution is 2.26. The molecule has 1 atom stereocenters. The van der Waals surface area contributed by atoms with E-state index in [-0.39, 0.29) is 0 Å². The van der Waals surface area contributed by atoms with Crippen molar-refractivity contribution < 1.29 is 9.53 Å². The fraction of sp³-hybridized carbons (Fsp3) is 0.667. The number of hydrogen-bond donors (Lipinski definition) is 0. The fourth-order valence-corrected chi connectivity index (χ4v) is 1.42. The smallest absolute Gasteiger partial charge is 0.152 e. The van der Waals surface area contributed by atoms with E-state index < -0.39 is 5.60 Å². The van der Waals surface area contributed by atoms with Gasteiger partial charge in [0.2, 0.25) is 0 Å². The predicted molar refractivity (Wildman–Crippen MR) is 43.4 cm³/mol. The summed E-state index contributed by atoms with van der Waals surface area (Å²) in [6.07, 6.45) is 6.34. The average Bonchev–Trinajstić information content (AvgIpc) is 2.07. The van der Waals surface area contributed by atoms with Crippen molar-refractivity contribution in [2.24, 2.45) is 0 Å². The van der Waals surface area contributed by atoms with Crippen molar-refractivity contribution in [2.45, 2.75) is 31.3 Å². The first kappa shape index (κ1) is 8.47. The van der Waals surface area contributed by atoms with Gasteiger partial charge in [-0.3, -0.25) is 0 Å². The van der Waals surface area contributed by atoms with Crippen molar-refractivity contribution in [3.05, 3.63) is 12.7 Å². The molecule has 0 aliphatic carbocycles. The van der Waals surface area contributed by atoms with Gasteiger partial charge in [0.15, 0.2) is 6.29 Å². The van der Waals surface area contributed by atoms with Crippen LogP contribution in [-0.4, -0.2) is 18.5 Å². The Labute approximate surface area is 67.2 Å². The molecule has 1 saturated heterocycles. The summed E-state index contributed by atoms with van der Waals surface area (Å²) >= 11 is 0. The lowest BCUT2D eigenvalue weighted by Crippen LogP contribution is -2.37. The van der Waals surface area contributed by atoms with E-state index in [4.69, 9.17) is 4.74 Å². The fourth-order valence-electron chi connectivity index (χ4n) is 1.42. The standard InChI is InChI=1S/C9H14O2/c1-2-5-9(8-10)6-3-4-7-11-9/h2,8H,1,3-7H2. The van der Waals surface area contributed by atoms with Gasteiger partial charge in [0.1, 0.15) is 5.60 Å². The highest BCUT2D eigenvalue weighted by molar-refractivity contribution is 5.63. The summed E-state index contributed by atoms with van der Waals surface area (Å²) in [6.45, 7) is 4.32. The zero-order valence-electron chi connectivity index (χ0n) is 6.71. The summed E-state index contributed by atoms with van der Waals surface area (Å²) < 4.78 is 5.42. The van der Waals surface area contributed by atoms with Gasteiger partial charge in [-0.25, -0.2) is 0 Å². The van der Waals surface area contributed by atoms with Crippen molar-refractivity contribution in [2.75, 3.05) is 6.61 Å². The SMILES string of the molecule is C=CCC1(C=O)CCCCO1. The maximum Gasteiger partial charge on any atom is 0.152 e. The van der Waals surface area contributed by atoms with E-state index in [0.29, 0.717) is 13.0 Å². The zero-order valence-corrected chi connectivity index (χ0v) is 6.71. The molecule has 0 amide bonds. The number of carbonyl (C=O) groups excluding carboxylic acids is 1. The lowest BCUT2D eigenvalue weighted by molar-refractivity contribution is -0.137. The van der Waals surface area contributed by atoms with Crippen LogP contribution in [-0.2, 0) is 9.53 Å². The highest BCUT2D eigenvalue weighted by atomic mass is 16.5. The molecule has 1 unspecified atom stereocenters.